The molecule has 0 aliphatic carbocycles. The lowest BCUT2D eigenvalue weighted by molar-refractivity contribution is 0.111. The number of aryl methyl sites for hydroxylation is 2. The van der Waals surface area contributed by atoms with Gasteiger partial charge in [0.1, 0.15) is 23.7 Å². The number of ether oxygens (including phenoxy) is 1. The van der Waals surface area contributed by atoms with Crippen LogP contribution in [0.25, 0.3) is 0 Å². The molecule has 17 heavy (non-hydrogen) atoms. The Balaban J connectivity index is 2.14. The Morgan fingerprint density at radius 2 is 2.18 bits per heavy atom. The van der Waals surface area contributed by atoms with E-state index in [1.807, 2.05) is 13.0 Å². The minimum Gasteiger partial charge on any atom is -0.486 e. The van der Waals surface area contributed by atoms with Crippen molar-refractivity contribution in [3.8, 4) is 5.75 Å². The van der Waals surface area contributed by atoms with Gasteiger partial charge in [-0.15, -0.1) is 0 Å². The number of carbonyl (C=O) groups excluding carboxylic acids is 1. The van der Waals surface area contributed by atoms with Gasteiger partial charge in [0, 0.05) is 0 Å². The van der Waals surface area contributed by atoms with E-state index in [4.69, 9.17) is 4.74 Å². The van der Waals surface area contributed by atoms with Crippen LogP contribution >= 0.6 is 0 Å². The zero-order valence-electron chi connectivity index (χ0n) is 9.64. The molecule has 0 N–H and O–H groups in total. The molecule has 0 fully saturated rings. The third-order valence-electron chi connectivity index (χ3n) is 2.40. The smallest absolute Gasteiger partial charge is 0.153 e. The maximum absolute atomic E-state index is 10.9. The molecule has 1 aromatic carbocycles. The van der Waals surface area contributed by atoms with Crippen LogP contribution in [0.3, 0.4) is 0 Å². The average molecular weight is 232 g/mol. The molecule has 88 valence electrons. The topological polar surface area (TPSA) is 65.2 Å². The third-order valence-corrected chi connectivity index (χ3v) is 2.40. The van der Waals surface area contributed by atoms with Crippen LogP contribution in [0.1, 0.15) is 27.3 Å². The van der Waals surface area contributed by atoms with Gasteiger partial charge < -0.3 is 4.74 Å². The van der Waals surface area contributed by atoms with E-state index in [0.717, 1.165) is 11.8 Å². The lowest BCUT2D eigenvalue weighted by atomic mass is 10.1. The highest BCUT2D eigenvalue weighted by atomic mass is 16.6. The van der Waals surface area contributed by atoms with Crippen molar-refractivity contribution in [2.75, 3.05) is 0 Å². The van der Waals surface area contributed by atoms with Gasteiger partial charge in [0.05, 0.1) is 5.56 Å². The summed E-state index contributed by atoms with van der Waals surface area (Å²) >= 11 is 0. The fourth-order valence-corrected chi connectivity index (χ4v) is 1.42. The summed E-state index contributed by atoms with van der Waals surface area (Å²) in [6.45, 7) is 3.94. The predicted octanol–water partition coefficient (Wildman–Crippen LogP) is 2.08. The molecule has 0 atom stereocenters. The molecule has 0 saturated heterocycles. The monoisotopic (exact) mass is 232 g/mol. The van der Waals surface area contributed by atoms with E-state index in [0.29, 0.717) is 22.7 Å². The van der Waals surface area contributed by atoms with Crippen molar-refractivity contribution in [3.05, 3.63) is 40.7 Å². The van der Waals surface area contributed by atoms with Gasteiger partial charge in [0.2, 0.25) is 0 Å². The summed E-state index contributed by atoms with van der Waals surface area (Å²) in [7, 11) is 0. The Hall–Kier alpha value is -2.17. The molecule has 0 bridgehead atoms. The molecule has 0 saturated carbocycles. The van der Waals surface area contributed by atoms with E-state index >= 15 is 0 Å². The van der Waals surface area contributed by atoms with Crippen LogP contribution in [0, 0.1) is 13.8 Å². The van der Waals surface area contributed by atoms with Crippen molar-refractivity contribution in [1.29, 1.82) is 0 Å². The van der Waals surface area contributed by atoms with Crippen molar-refractivity contribution >= 4 is 6.29 Å². The normalized spacial score (nSPS) is 10.2. The Labute approximate surface area is 98.4 Å². The molecule has 0 spiro atoms. The maximum Gasteiger partial charge on any atom is 0.153 e. The van der Waals surface area contributed by atoms with E-state index in [-0.39, 0.29) is 6.61 Å². The molecule has 0 aliphatic rings. The molecular formula is C12H12N2O3. The molecule has 2 rings (SSSR count). The van der Waals surface area contributed by atoms with Gasteiger partial charge in [-0.05, 0) is 26.0 Å². The van der Waals surface area contributed by atoms with Gasteiger partial charge in [0.25, 0.3) is 0 Å². The highest BCUT2D eigenvalue weighted by Gasteiger charge is 2.08. The molecule has 0 amide bonds. The Bertz CT molecular complexity index is 534. The Morgan fingerprint density at radius 1 is 1.35 bits per heavy atom. The Kier molecular flexibility index (Phi) is 3.18. The summed E-state index contributed by atoms with van der Waals surface area (Å²) < 4.78 is 10.1. The zero-order chi connectivity index (χ0) is 12.3. The fraction of sp³-hybridized carbons (Fsp3) is 0.250. The molecule has 5 heteroatoms. The Morgan fingerprint density at radius 3 is 2.82 bits per heavy atom. The summed E-state index contributed by atoms with van der Waals surface area (Å²) in [5.41, 5.74) is 2.85. The lowest BCUT2D eigenvalue weighted by Gasteiger charge is -2.07. The van der Waals surface area contributed by atoms with Crippen molar-refractivity contribution in [3.63, 3.8) is 0 Å². The molecule has 1 heterocycles. The summed E-state index contributed by atoms with van der Waals surface area (Å²) in [6.07, 6.45) is 0.774. The van der Waals surface area contributed by atoms with Crippen molar-refractivity contribution in [2.24, 2.45) is 0 Å². The van der Waals surface area contributed by atoms with E-state index in [1.54, 1.807) is 19.1 Å². The van der Waals surface area contributed by atoms with Crippen molar-refractivity contribution in [1.82, 2.24) is 10.3 Å². The van der Waals surface area contributed by atoms with E-state index in [9.17, 15) is 4.79 Å². The van der Waals surface area contributed by atoms with Crippen LogP contribution < -0.4 is 4.74 Å². The minimum absolute atomic E-state index is 0.235. The van der Waals surface area contributed by atoms with Crippen molar-refractivity contribution < 1.29 is 14.2 Å². The molecule has 5 nitrogen and oxygen atoms in total. The molecule has 2 aromatic rings. The van der Waals surface area contributed by atoms with Crippen LogP contribution in [-0.4, -0.2) is 16.6 Å². The number of hydrogen-bond donors (Lipinski definition) is 0. The highest BCUT2D eigenvalue weighted by molar-refractivity contribution is 5.79. The molecule has 0 radical (unpaired) electrons. The summed E-state index contributed by atoms with van der Waals surface area (Å²) in [5, 5.41) is 7.35. The van der Waals surface area contributed by atoms with Crippen LogP contribution in [-0.2, 0) is 6.61 Å². The number of nitrogens with zero attached hydrogens (tertiary/aromatic N) is 2. The summed E-state index contributed by atoms with van der Waals surface area (Å²) in [6, 6.07) is 5.42. The second-order valence-electron chi connectivity index (χ2n) is 3.74. The third kappa shape index (κ3) is 2.50. The summed E-state index contributed by atoms with van der Waals surface area (Å²) in [5.74, 6) is 0.535. The number of aromatic nitrogens is 2. The zero-order valence-corrected chi connectivity index (χ0v) is 9.64. The number of hydrogen-bond acceptors (Lipinski definition) is 5. The predicted molar refractivity (Wildman–Crippen MR) is 59.9 cm³/mol. The van der Waals surface area contributed by atoms with E-state index in [2.05, 4.69) is 14.9 Å². The molecular weight excluding hydrogens is 220 g/mol. The van der Waals surface area contributed by atoms with E-state index in [1.165, 1.54) is 0 Å². The van der Waals surface area contributed by atoms with Gasteiger partial charge in [-0.3, -0.25) is 4.79 Å². The quantitative estimate of drug-likeness (QED) is 0.755. The van der Waals surface area contributed by atoms with Crippen molar-refractivity contribution in [2.45, 2.75) is 20.5 Å². The molecule has 1 aromatic heterocycles. The fourth-order valence-electron chi connectivity index (χ4n) is 1.42. The van der Waals surface area contributed by atoms with Gasteiger partial charge in [0.15, 0.2) is 6.29 Å². The first kappa shape index (κ1) is 11.3. The van der Waals surface area contributed by atoms with Crippen LogP contribution in [0.2, 0.25) is 0 Å². The van der Waals surface area contributed by atoms with Gasteiger partial charge in [-0.1, -0.05) is 21.9 Å². The van der Waals surface area contributed by atoms with Gasteiger partial charge >= 0.3 is 0 Å². The van der Waals surface area contributed by atoms with Gasteiger partial charge in [-0.25, -0.2) is 4.63 Å². The standard InChI is InChI=1S/C12H12N2O3/c1-8-3-4-12(10(5-8)6-15)16-7-11-9(2)13-17-14-11/h3-6H,7H2,1-2H3. The molecule has 0 aliphatic heterocycles. The van der Waals surface area contributed by atoms with Gasteiger partial charge in [-0.2, -0.15) is 0 Å². The first-order valence-electron chi connectivity index (χ1n) is 5.17. The van der Waals surface area contributed by atoms with Crippen LogP contribution in [0.15, 0.2) is 22.8 Å². The first-order valence-corrected chi connectivity index (χ1v) is 5.17. The highest BCUT2D eigenvalue weighted by Crippen LogP contribution is 2.19. The van der Waals surface area contributed by atoms with E-state index < -0.39 is 0 Å². The average Bonchev–Trinajstić information content (AvgIpc) is 2.73. The number of aldehydes is 1. The lowest BCUT2D eigenvalue weighted by Crippen LogP contribution is -2.00. The minimum atomic E-state index is 0.235. The largest absolute Gasteiger partial charge is 0.486 e. The number of carbonyl (C=O) groups is 1. The first-order chi connectivity index (χ1) is 8.20. The second kappa shape index (κ2) is 4.78. The van der Waals surface area contributed by atoms with Crippen LogP contribution in [0.5, 0.6) is 5.75 Å². The SMILES string of the molecule is Cc1ccc(OCc2nonc2C)c(C=O)c1. The molecule has 0 unspecified atom stereocenters. The second-order valence-corrected chi connectivity index (χ2v) is 3.74. The summed E-state index contributed by atoms with van der Waals surface area (Å²) in [4.78, 5) is 10.9. The number of benzene rings is 1. The van der Waals surface area contributed by atoms with Crippen LogP contribution in [0.4, 0.5) is 0 Å². The maximum atomic E-state index is 10.9. The number of rotatable bonds is 4.